The zero-order chi connectivity index (χ0) is 20.4. The van der Waals surface area contributed by atoms with Crippen LogP contribution in [0.2, 0.25) is 0 Å². The third-order valence-electron chi connectivity index (χ3n) is 3.35. The van der Waals surface area contributed by atoms with Gasteiger partial charge >= 0.3 is 12.2 Å². The molecule has 0 spiro atoms. The van der Waals surface area contributed by atoms with Crippen molar-refractivity contribution in [1.82, 2.24) is 4.90 Å². The maximum Gasteiger partial charge on any atom is 0.427 e. The number of carbonyl (C=O) groups is 3. The Morgan fingerprint density at radius 1 is 0.741 bits per heavy atom. The lowest BCUT2D eigenvalue weighted by atomic mass is 10.1. The van der Waals surface area contributed by atoms with Crippen LogP contribution in [0.5, 0.6) is 0 Å². The number of nitrogens with zero attached hydrogens (tertiary/aromatic N) is 1. The highest BCUT2D eigenvalue weighted by Gasteiger charge is 2.36. The first-order chi connectivity index (χ1) is 12.4. The van der Waals surface area contributed by atoms with Gasteiger partial charge < -0.3 is 9.47 Å². The van der Waals surface area contributed by atoms with E-state index in [-0.39, 0.29) is 5.56 Å². The summed E-state index contributed by atoms with van der Waals surface area (Å²) < 4.78 is 10.5. The van der Waals surface area contributed by atoms with Gasteiger partial charge in [0.1, 0.15) is 11.2 Å². The molecular weight excluding hydrogens is 346 g/mol. The number of hydrogen-bond acceptors (Lipinski definition) is 5. The third kappa shape index (κ3) is 5.54. The Bertz CT molecular complexity index is 846. The molecule has 0 aliphatic heterocycles. The molecule has 3 amide bonds. The Hall–Kier alpha value is -2.89. The van der Waals surface area contributed by atoms with E-state index in [1.807, 2.05) is 24.3 Å². The first-order valence-corrected chi connectivity index (χ1v) is 8.67. The first-order valence-electron chi connectivity index (χ1n) is 8.67. The van der Waals surface area contributed by atoms with Gasteiger partial charge in [0.25, 0.3) is 5.91 Å². The Labute approximate surface area is 159 Å². The SMILES string of the molecule is CC(C)(C)OC(=O)N(C(=O)OC(C)(C)C)C(=O)c1ccc2ccccc2c1. The van der Waals surface area contributed by atoms with E-state index >= 15 is 0 Å². The van der Waals surface area contributed by atoms with E-state index in [0.717, 1.165) is 10.8 Å². The zero-order valence-electron chi connectivity index (χ0n) is 16.5. The highest BCUT2D eigenvalue weighted by atomic mass is 16.6. The smallest absolute Gasteiger partial charge is 0.427 e. The van der Waals surface area contributed by atoms with Crippen molar-refractivity contribution >= 4 is 28.9 Å². The molecule has 6 heteroatoms. The highest BCUT2D eigenvalue weighted by Crippen LogP contribution is 2.20. The van der Waals surface area contributed by atoms with Crippen LogP contribution in [0.15, 0.2) is 42.5 Å². The van der Waals surface area contributed by atoms with Gasteiger partial charge in [0.2, 0.25) is 0 Å². The molecule has 0 fully saturated rings. The molecule has 0 bridgehead atoms. The maximum atomic E-state index is 13.0. The van der Waals surface area contributed by atoms with Gasteiger partial charge in [-0.2, -0.15) is 0 Å². The average molecular weight is 371 g/mol. The molecule has 0 saturated carbocycles. The standard InChI is InChI=1S/C21H25NO5/c1-20(2,3)26-18(24)22(19(25)27-21(4,5)6)17(23)16-12-11-14-9-7-8-10-15(14)13-16/h7-13H,1-6H3. The predicted molar refractivity (Wildman–Crippen MR) is 103 cm³/mol. The molecule has 2 rings (SSSR count). The van der Waals surface area contributed by atoms with E-state index in [1.165, 1.54) is 0 Å². The van der Waals surface area contributed by atoms with E-state index in [2.05, 4.69) is 0 Å². The van der Waals surface area contributed by atoms with Gasteiger partial charge in [-0.15, -0.1) is 4.90 Å². The van der Waals surface area contributed by atoms with Crippen molar-refractivity contribution in [2.45, 2.75) is 52.7 Å². The molecule has 0 saturated heterocycles. The summed E-state index contributed by atoms with van der Waals surface area (Å²) >= 11 is 0. The summed E-state index contributed by atoms with van der Waals surface area (Å²) in [5.41, 5.74) is -1.56. The van der Waals surface area contributed by atoms with Gasteiger partial charge in [-0.25, -0.2) is 9.59 Å². The second-order valence-corrected chi connectivity index (χ2v) is 8.16. The van der Waals surface area contributed by atoms with Crippen LogP contribution >= 0.6 is 0 Å². The van der Waals surface area contributed by atoms with Crippen LogP contribution < -0.4 is 0 Å². The van der Waals surface area contributed by atoms with Gasteiger partial charge in [-0.3, -0.25) is 4.79 Å². The number of fused-ring (bicyclic) bond motifs is 1. The third-order valence-corrected chi connectivity index (χ3v) is 3.35. The van der Waals surface area contributed by atoms with Crippen LogP contribution in [0.25, 0.3) is 10.8 Å². The summed E-state index contributed by atoms with van der Waals surface area (Å²) in [6.07, 6.45) is -2.15. The number of rotatable bonds is 1. The second kappa shape index (κ2) is 7.39. The quantitative estimate of drug-likeness (QED) is 0.693. The van der Waals surface area contributed by atoms with Gasteiger partial charge in [0, 0.05) is 5.56 Å². The van der Waals surface area contributed by atoms with Crippen molar-refractivity contribution in [2.75, 3.05) is 0 Å². The molecule has 6 nitrogen and oxygen atoms in total. The molecule has 2 aromatic carbocycles. The van der Waals surface area contributed by atoms with Gasteiger partial charge in [-0.1, -0.05) is 30.3 Å². The molecule has 0 aliphatic carbocycles. The minimum atomic E-state index is -1.07. The van der Waals surface area contributed by atoms with Gasteiger partial charge in [0.15, 0.2) is 0 Å². The van der Waals surface area contributed by atoms with Crippen molar-refractivity contribution in [1.29, 1.82) is 0 Å². The minimum Gasteiger partial charge on any atom is -0.443 e. The summed E-state index contributed by atoms with van der Waals surface area (Å²) in [5, 5.41) is 1.76. The molecule has 0 unspecified atom stereocenters. The number of ether oxygens (including phenoxy) is 2. The molecule has 0 heterocycles. The molecule has 0 aromatic heterocycles. The lowest BCUT2D eigenvalue weighted by Gasteiger charge is -2.27. The summed E-state index contributed by atoms with van der Waals surface area (Å²) in [5.74, 6) is -0.802. The number of hydrogen-bond donors (Lipinski definition) is 0. The van der Waals surface area contributed by atoms with E-state index in [9.17, 15) is 14.4 Å². The second-order valence-electron chi connectivity index (χ2n) is 8.16. The number of amides is 3. The number of benzene rings is 2. The van der Waals surface area contributed by atoms with E-state index in [4.69, 9.17) is 9.47 Å². The first kappa shape index (κ1) is 20.4. The molecule has 0 aliphatic rings. The van der Waals surface area contributed by atoms with Crippen molar-refractivity contribution < 1.29 is 23.9 Å². The maximum absolute atomic E-state index is 13.0. The van der Waals surface area contributed by atoms with Gasteiger partial charge in [0.05, 0.1) is 0 Å². The summed E-state index contributed by atoms with van der Waals surface area (Å²) in [7, 11) is 0. The Morgan fingerprint density at radius 3 is 1.70 bits per heavy atom. The lowest BCUT2D eigenvalue weighted by molar-refractivity contribution is 0.00398. The summed E-state index contributed by atoms with van der Waals surface area (Å²) in [6, 6.07) is 12.4. The van der Waals surface area contributed by atoms with Crippen molar-refractivity contribution in [3.05, 3.63) is 48.0 Å². The fraction of sp³-hybridized carbons (Fsp3) is 0.381. The molecular formula is C21H25NO5. The molecule has 0 N–H and O–H groups in total. The van der Waals surface area contributed by atoms with Crippen LogP contribution in [0.4, 0.5) is 9.59 Å². The van der Waals surface area contributed by atoms with Crippen LogP contribution in [-0.4, -0.2) is 34.2 Å². The Morgan fingerprint density at radius 2 is 1.22 bits per heavy atom. The summed E-state index contributed by atoms with van der Waals surface area (Å²) in [4.78, 5) is 38.5. The van der Waals surface area contributed by atoms with E-state index in [1.54, 1.807) is 59.7 Å². The fourth-order valence-electron chi connectivity index (χ4n) is 2.31. The van der Waals surface area contributed by atoms with Crippen LogP contribution in [0, 0.1) is 0 Å². The molecule has 144 valence electrons. The van der Waals surface area contributed by atoms with E-state index < -0.39 is 29.3 Å². The summed E-state index contributed by atoms with van der Waals surface area (Å²) in [6.45, 7) is 9.91. The van der Waals surface area contributed by atoms with Crippen molar-refractivity contribution in [3.8, 4) is 0 Å². The van der Waals surface area contributed by atoms with E-state index in [0.29, 0.717) is 4.90 Å². The fourth-order valence-corrected chi connectivity index (χ4v) is 2.31. The normalized spacial score (nSPS) is 11.8. The number of imide groups is 3. The zero-order valence-corrected chi connectivity index (χ0v) is 16.5. The molecule has 0 radical (unpaired) electrons. The monoisotopic (exact) mass is 371 g/mol. The van der Waals surface area contributed by atoms with Crippen molar-refractivity contribution in [2.24, 2.45) is 0 Å². The Balaban J connectivity index is 2.41. The Kier molecular flexibility index (Phi) is 5.59. The van der Waals surface area contributed by atoms with Crippen LogP contribution in [0.1, 0.15) is 51.9 Å². The molecule has 0 atom stereocenters. The number of carbonyl (C=O) groups excluding carboxylic acids is 3. The lowest BCUT2D eigenvalue weighted by Crippen LogP contribution is -2.46. The highest BCUT2D eigenvalue weighted by molar-refractivity contribution is 6.14. The van der Waals surface area contributed by atoms with Crippen molar-refractivity contribution in [3.63, 3.8) is 0 Å². The average Bonchev–Trinajstić information content (AvgIpc) is 2.51. The minimum absolute atomic E-state index is 0.186. The predicted octanol–water partition coefficient (Wildman–Crippen LogP) is 5.15. The molecule has 27 heavy (non-hydrogen) atoms. The van der Waals surface area contributed by atoms with Crippen LogP contribution in [0.3, 0.4) is 0 Å². The molecule has 2 aromatic rings. The largest absolute Gasteiger partial charge is 0.443 e. The van der Waals surface area contributed by atoms with Crippen LogP contribution in [-0.2, 0) is 9.47 Å². The topological polar surface area (TPSA) is 72.9 Å². The van der Waals surface area contributed by atoms with Gasteiger partial charge in [-0.05, 0) is 64.4 Å².